The molecule has 0 aromatic heterocycles. The highest BCUT2D eigenvalue weighted by atomic mass is 79.9. The normalized spacial score (nSPS) is 25.7. The van der Waals surface area contributed by atoms with Gasteiger partial charge in [0.1, 0.15) is 0 Å². The minimum atomic E-state index is 0.162. The molecule has 1 aromatic rings. The van der Waals surface area contributed by atoms with Crippen molar-refractivity contribution in [3.05, 3.63) is 34.3 Å². The molecule has 0 bridgehead atoms. The summed E-state index contributed by atoms with van der Waals surface area (Å²) in [5.74, 6) is 0. The van der Waals surface area contributed by atoms with Crippen LogP contribution in [0, 0.1) is 0 Å². The number of ether oxygens (including phenoxy) is 1. The Bertz CT molecular complexity index is 317. The molecule has 0 radical (unpaired) electrons. The maximum Gasteiger partial charge on any atom is 0.0564 e. The van der Waals surface area contributed by atoms with E-state index in [0.29, 0.717) is 0 Å². The summed E-state index contributed by atoms with van der Waals surface area (Å²) >= 11 is 3.45. The van der Waals surface area contributed by atoms with Crippen LogP contribution >= 0.6 is 15.9 Å². The summed E-state index contributed by atoms with van der Waals surface area (Å²) < 4.78 is 6.65. The Kier molecular flexibility index (Phi) is 3.44. The Balaban J connectivity index is 2.28. The second-order valence-electron chi connectivity index (χ2n) is 4.13. The Morgan fingerprint density at radius 2 is 2.07 bits per heavy atom. The van der Waals surface area contributed by atoms with Crippen molar-refractivity contribution in [1.82, 2.24) is 0 Å². The highest BCUT2D eigenvalue weighted by Gasteiger charge is 2.35. The topological polar surface area (TPSA) is 35.2 Å². The summed E-state index contributed by atoms with van der Waals surface area (Å²) in [7, 11) is 0. The maximum absolute atomic E-state index is 5.70. The monoisotopic (exact) mass is 269 g/mol. The van der Waals surface area contributed by atoms with Crippen molar-refractivity contribution < 1.29 is 4.74 Å². The van der Waals surface area contributed by atoms with Crippen LogP contribution in [0.2, 0.25) is 0 Å². The summed E-state index contributed by atoms with van der Waals surface area (Å²) in [4.78, 5) is 0. The number of hydrogen-bond donors (Lipinski definition) is 1. The first-order valence-corrected chi connectivity index (χ1v) is 6.10. The summed E-state index contributed by atoms with van der Waals surface area (Å²) in [6.07, 6.45) is 2.10. The fraction of sp³-hybridized carbons (Fsp3) is 0.500. The third-order valence-corrected chi connectivity index (χ3v) is 3.71. The minimum Gasteiger partial charge on any atom is -0.380 e. The first-order valence-electron chi connectivity index (χ1n) is 5.31. The highest BCUT2D eigenvalue weighted by Crippen LogP contribution is 2.36. The molecule has 1 saturated heterocycles. The van der Waals surface area contributed by atoms with E-state index in [9.17, 15) is 0 Å². The van der Waals surface area contributed by atoms with E-state index in [4.69, 9.17) is 10.5 Å². The summed E-state index contributed by atoms with van der Waals surface area (Å²) in [6, 6.07) is 8.53. The average molecular weight is 270 g/mol. The molecule has 3 heteroatoms. The number of benzene rings is 1. The van der Waals surface area contributed by atoms with Crippen LogP contribution in [0.5, 0.6) is 0 Å². The molecule has 0 aliphatic carbocycles. The van der Waals surface area contributed by atoms with Gasteiger partial charge in [0.05, 0.1) is 6.61 Å². The molecule has 2 rings (SSSR count). The van der Waals surface area contributed by atoms with Crippen LogP contribution in [-0.2, 0) is 10.2 Å². The molecular weight excluding hydrogens is 254 g/mol. The number of halogens is 1. The predicted molar refractivity (Wildman–Crippen MR) is 64.9 cm³/mol. The Morgan fingerprint density at radius 3 is 2.60 bits per heavy atom. The molecule has 2 N–H and O–H groups in total. The van der Waals surface area contributed by atoms with E-state index < -0.39 is 0 Å². The van der Waals surface area contributed by atoms with Crippen LogP contribution in [0.25, 0.3) is 0 Å². The molecule has 0 saturated carbocycles. The lowest BCUT2D eigenvalue weighted by Crippen LogP contribution is -2.29. The fourth-order valence-corrected chi connectivity index (χ4v) is 2.52. The van der Waals surface area contributed by atoms with Crippen LogP contribution in [-0.4, -0.2) is 19.8 Å². The van der Waals surface area contributed by atoms with E-state index in [0.717, 1.165) is 37.1 Å². The van der Waals surface area contributed by atoms with Crippen molar-refractivity contribution in [3.8, 4) is 0 Å². The summed E-state index contributed by atoms with van der Waals surface area (Å²) in [5.41, 5.74) is 7.21. The van der Waals surface area contributed by atoms with Gasteiger partial charge in [-0.2, -0.15) is 0 Å². The lowest BCUT2D eigenvalue weighted by molar-refractivity contribution is 0.175. The van der Waals surface area contributed by atoms with Crippen LogP contribution in [0.15, 0.2) is 28.7 Å². The van der Waals surface area contributed by atoms with Crippen LogP contribution in [0.1, 0.15) is 18.4 Å². The minimum absolute atomic E-state index is 0.162. The summed E-state index contributed by atoms with van der Waals surface area (Å²) in [5, 5.41) is 0. The van der Waals surface area contributed by atoms with E-state index in [-0.39, 0.29) is 5.41 Å². The van der Waals surface area contributed by atoms with Gasteiger partial charge in [-0.05, 0) is 37.1 Å². The molecule has 1 fully saturated rings. The molecule has 15 heavy (non-hydrogen) atoms. The zero-order valence-corrected chi connectivity index (χ0v) is 10.3. The van der Waals surface area contributed by atoms with E-state index in [1.807, 2.05) is 0 Å². The zero-order chi connectivity index (χ0) is 10.7. The van der Waals surface area contributed by atoms with Gasteiger partial charge in [-0.15, -0.1) is 0 Å². The number of hydrogen-bond acceptors (Lipinski definition) is 2. The highest BCUT2D eigenvalue weighted by molar-refractivity contribution is 9.10. The predicted octanol–water partition coefficient (Wildman–Crippen LogP) is 2.46. The van der Waals surface area contributed by atoms with Crippen LogP contribution in [0.3, 0.4) is 0 Å². The van der Waals surface area contributed by atoms with Gasteiger partial charge in [0.15, 0.2) is 0 Å². The standard InChI is InChI=1S/C12H16BrNO/c13-11-3-1-10(2-4-11)12(5-7-14)6-8-15-9-12/h1-4H,5-9,14H2. The first-order chi connectivity index (χ1) is 7.27. The molecule has 1 atom stereocenters. The molecular formula is C12H16BrNO. The maximum atomic E-state index is 5.70. The summed E-state index contributed by atoms with van der Waals surface area (Å²) in [6.45, 7) is 2.39. The Hall–Kier alpha value is -0.380. The molecule has 0 spiro atoms. The lowest BCUT2D eigenvalue weighted by Gasteiger charge is -2.27. The van der Waals surface area contributed by atoms with E-state index in [1.54, 1.807) is 0 Å². The van der Waals surface area contributed by atoms with E-state index in [1.165, 1.54) is 5.56 Å². The largest absolute Gasteiger partial charge is 0.380 e. The molecule has 1 aliphatic heterocycles. The molecule has 1 unspecified atom stereocenters. The smallest absolute Gasteiger partial charge is 0.0564 e. The number of rotatable bonds is 3. The second kappa shape index (κ2) is 4.64. The van der Waals surface area contributed by atoms with Gasteiger partial charge in [0.2, 0.25) is 0 Å². The third-order valence-electron chi connectivity index (χ3n) is 3.18. The Labute approximate surface area is 98.9 Å². The van der Waals surface area contributed by atoms with Gasteiger partial charge >= 0.3 is 0 Å². The fourth-order valence-electron chi connectivity index (χ4n) is 2.26. The van der Waals surface area contributed by atoms with Gasteiger partial charge < -0.3 is 10.5 Å². The Morgan fingerprint density at radius 1 is 1.33 bits per heavy atom. The van der Waals surface area contributed by atoms with Gasteiger partial charge in [0, 0.05) is 16.5 Å². The van der Waals surface area contributed by atoms with Crippen LogP contribution < -0.4 is 5.73 Å². The zero-order valence-electron chi connectivity index (χ0n) is 8.71. The average Bonchev–Trinajstić information content (AvgIpc) is 2.69. The van der Waals surface area contributed by atoms with E-state index in [2.05, 4.69) is 40.2 Å². The van der Waals surface area contributed by atoms with Gasteiger partial charge in [-0.1, -0.05) is 28.1 Å². The number of nitrogens with two attached hydrogens (primary N) is 1. The van der Waals surface area contributed by atoms with Crippen molar-refractivity contribution in [3.63, 3.8) is 0 Å². The molecule has 2 nitrogen and oxygen atoms in total. The molecule has 1 heterocycles. The van der Waals surface area contributed by atoms with Gasteiger partial charge in [0.25, 0.3) is 0 Å². The SMILES string of the molecule is NCCC1(c2ccc(Br)cc2)CCOC1. The first kappa shape index (κ1) is 11.1. The van der Waals surface area contributed by atoms with Crippen molar-refractivity contribution in [1.29, 1.82) is 0 Å². The lowest BCUT2D eigenvalue weighted by atomic mass is 9.77. The third kappa shape index (κ3) is 2.25. The quantitative estimate of drug-likeness (QED) is 0.915. The van der Waals surface area contributed by atoms with Crippen molar-refractivity contribution in [2.75, 3.05) is 19.8 Å². The molecule has 1 aliphatic rings. The second-order valence-corrected chi connectivity index (χ2v) is 5.04. The molecule has 82 valence electrons. The van der Waals surface area contributed by atoms with Crippen LogP contribution in [0.4, 0.5) is 0 Å². The van der Waals surface area contributed by atoms with Crippen molar-refractivity contribution >= 4 is 15.9 Å². The van der Waals surface area contributed by atoms with Crippen molar-refractivity contribution in [2.45, 2.75) is 18.3 Å². The van der Waals surface area contributed by atoms with Gasteiger partial charge in [-0.25, -0.2) is 0 Å². The van der Waals surface area contributed by atoms with Gasteiger partial charge in [-0.3, -0.25) is 0 Å². The molecule has 0 amide bonds. The molecule has 1 aromatic carbocycles. The van der Waals surface area contributed by atoms with Crippen molar-refractivity contribution in [2.24, 2.45) is 5.73 Å². The van der Waals surface area contributed by atoms with E-state index >= 15 is 0 Å².